The maximum atomic E-state index is 12.5. The second-order valence-corrected chi connectivity index (χ2v) is 7.64. The maximum absolute atomic E-state index is 12.5. The van der Waals surface area contributed by atoms with Crippen LogP contribution < -0.4 is 4.31 Å². The van der Waals surface area contributed by atoms with Gasteiger partial charge in [-0.05, 0) is 31.4 Å². The molecule has 0 fully saturated rings. The van der Waals surface area contributed by atoms with Crippen LogP contribution in [0.3, 0.4) is 0 Å². The lowest BCUT2D eigenvalue weighted by Crippen LogP contribution is -2.25. The highest BCUT2D eigenvalue weighted by Crippen LogP contribution is 2.27. The molecule has 0 aliphatic heterocycles. The quantitative estimate of drug-likeness (QED) is 0.757. The Bertz CT molecular complexity index is 748. The molecule has 120 valence electrons. The number of aryl methyl sites for hydroxylation is 1. The third-order valence-corrected chi connectivity index (χ3v) is 6.34. The largest absolute Gasteiger partial charge is 0.461 e. The molecular formula is C14H18N2O4S2. The number of hydrogen-bond acceptors (Lipinski definition) is 5. The summed E-state index contributed by atoms with van der Waals surface area (Å²) in [4.78, 5) is 11.9. The normalized spacial score (nSPS) is 11.4. The first kappa shape index (κ1) is 16.6. The fourth-order valence-electron chi connectivity index (χ4n) is 1.99. The number of carbonyl (C=O) groups is 1. The van der Waals surface area contributed by atoms with Gasteiger partial charge in [0.05, 0.1) is 12.3 Å². The van der Waals surface area contributed by atoms with Crippen LogP contribution in [0.1, 0.15) is 24.3 Å². The van der Waals surface area contributed by atoms with Gasteiger partial charge in [-0.1, -0.05) is 6.07 Å². The van der Waals surface area contributed by atoms with Gasteiger partial charge in [0.1, 0.15) is 9.90 Å². The van der Waals surface area contributed by atoms with E-state index in [0.29, 0.717) is 17.9 Å². The molecule has 2 aromatic heterocycles. The van der Waals surface area contributed by atoms with E-state index in [2.05, 4.69) is 0 Å². The second kappa shape index (κ2) is 6.53. The van der Waals surface area contributed by atoms with Crippen LogP contribution in [-0.2, 0) is 21.3 Å². The van der Waals surface area contributed by atoms with E-state index in [1.165, 1.54) is 17.4 Å². The molecule has 0 saturated heterocycles. The number of nitrogens with zero attached hydrogens (tertiary/aromatic N) is 2. The number of carbonyl (C=O) groups excluding carboxylic acids is 1. The number of rotatable bonds is 6. The first-order valence-electron chi connectivity index (χ1n) is 6.81. The molecule has 0 radical (unpaired) electrons. The van der Waals surface area contributed by atoms with E-state index in [-0.39, 0.29) is 10.8 Å². The van der Waals surface area contributed by atoms with E-state index in [1.54, 1.807) is 35.2 Å². The van der Waals surface area contributed by atoms with Crippen LogP contribution >= 0.6 is 11.3 Å². The van der Waals surface area contributed by atoms with Crippen molar-refractivity contribution in [1.29, 1.82) is 0 Å². The smallest absolute Gasteiger partial charge is 0.355 e. The van der Waals surface area contributed by atoms with Crippen molar-refractivity contribution in [3.8, 4) is 0 Å². The monoisotopic (exact) mass is 342 g/mol. The Morgan fingerprint density at radius 1 is 1.41 bits per heavy atom. The molecule has 6 nitrogen and oxygen atoms in total. The molecule has 0 spiro atoms. The van der Waals surface area contributed by atoms with Crippen LogP contribution in [-0.4, -0.2) is 32.6 Å². The predicted molar refractivity (Wildman–Crippen MR) is 86.0 cm³/mol. The molecule has 2 heterocycles. The van der Waals surface area contributed by atoms with Gasteiger partial charge in [-0.15, -0.1) is 11.3 Å². The minimum Gasteiger partial charge on any atom is -0.461 e. The highest BCUT2D eigenvalue weighted by molar-refractivity contribution is 7.94. The highest BCUT2D eigenvalue weighted by atomic mass is 32.2. The number of ether oxygens (including phenoxy) is 1. The minimum atomic E-state index is -3.61. The van der Waals surface area contributed by atoms with E-state index >= 15 is 0 Å². The molecule has 0 aromatic carbocycles. The molecule has 2 rings (SSSR count). The molecule has 0 bridgehead atoms. The molecule has 0 amide bonds. The first-order valence-corrected chi connectivity index (χ1v) is 9.13. The van der Waals surface area contributed by atoms with Gasteiger partial charge in [-0.25, -0.2) is 13.2 Å². The highest BCUT2D eigenvalue weighted by Gasteiger charge is 2.25. The lowest BCUT2D eigenvalue weighted by molar-refractivity contribution is 0.0514. The Kier molecular flexibility index (Phi) is 4.92. The fraction of sp³-hybridized carbons (Fsp3) is 0.357. The van der Waals surface area contributed by atoms with E-state index in [0.717, 1.165) is 11.3 Å². The van der Waals surface area contributed by atoms with Crippen molar-refractivity contribution in [1.82, 2.24) is 4.57 Å². The summed E-state index contributed by atoms with van der Waals surface area (Å²) in [5.41, 5.74) is 0.769. The van der Waals surface area contributed by atoms with Crippen LogP contribution in [0.25, 0.3) is 0 Å². The summed E-state index contributed by atoms with van der Waals surface area (Å²) in [5, 5.41) is 1.71. The van der Waals surface area contributed by atoms with Gasteiger partial charge < -0.3 is 9.30 Å². The van der Waals surface area contributed by atoms with Gasteiger partial charge in [0.15, 0.2) is 0 Å². The SMILES string of the molecule is CCOC(=O)c1cc(N(C)S(=O)(=O)c2cccs2)cn1CC. The number of esters is 1. The summed E-state index contributed by atoms with van der Waals surface area (Å²) >= 11 is 1.16. The molecule has 0 unspecified atom stereocenters. The average molecular weight is 342 g/mol. The van der Waals surface area contributed by atoms with Crippen molar-refractivity contribution in [3.05, 3.63) is 35.5 Å². The zero-order chi connectivity index (χ0) is 16.3. The summed E-state index contributed by atoms with van der Waals surface area (Å²) in [6.45, 7) is 4.42. The van der Waals surface area contributed by atoms with Crippen molar-refractivity contribution in [2.45, 2.75) is 24.6 Å². The zero-order valence-corrected chi connectivity index (χ0v) is 14.3. The Morgan fingerprint density at radius 3 is 2.68 bits per heavy atom. The molecule has 0 atom stereocenters. The van der Waals surface area contributed by atoms with E-state index in [9.17, 15) is 13.2 Å². The van der Waals surface area contributed by atoms with Crippen LogP contribution in [0.15, 0.2) is 34.0 Å². The van der Waals surface area contributed by atoms with E-state index < -0.39 is 16.0 Å². The topological polar surface area (TPSA) is 68.6 Å². The van der Waals surface area contributed by atoms with Crippen LogP contribution in [0, 0.1) is 0 Å². The summed E-state index contributed by atoms with van der Waals surface area (Å²) in [5.74, 6) is -0.461. The van der Waals surface area contributed by atoms with Crippen molar-refractivity contribution < 1.29 is 17.9 Å². The first-order chi connectivity index (χ1) is 10.4. The Morgan fingerprint density at radius 2 is 2.14 bits per heavy atom. The van der Waals surface area contributed by atoms with Gasteiger partial charge >= 0.3 is 5.97 Å². The van der Waals surface area contributed by atoms with Gasteiger partial charge in [0.25, 0.3) is 10.0 Å². The van der Waals surface area contributed by atoms with Crippen molar-refractivity contribution >= 4 is 33.0 Å². The minimum absolute atomic E-state index is 0.261. The standard InChI is InChI=1S/C14H18N2O4S2/c1-4-16-10-11(9-12(16)14(17)20-5-2)15(3)22(18,19)13-7-6-8-21-13/h6-10H,4-5H2,1-3H3. The molecular weight excluding hydrogens is 324 g/mol. The molecule has 0 N–H and O–H groups in total. The second-order valence-electron chi connectivity index (χ2n) is 4.49. The van der Waals surface area contributed by atoms with Crippen LogP contribution in [0.2, 0.25) is 0 Å². The number of sulfonamides is 1. The number of thiophene rings is 1. The summed E-state index contributed by atoms with van der Waals surface area (Å²) < 4.78 is 33.1. The zero-order valence-electron chi connectivity index (χ0n) is 12.6. The Hall–Kier alpha value is -1.80. The lowest BCUT2D eigenvalue weighted by Gasteiger charge is -2.16. The molecule has 22 heavy (non-hydrogen) atoms. The van der Waals surface area contributed by atoms with E-state index in [1.807, 2.05) is 6.92 Å². The van der Waals surface area contributed by atoms with Crippen molar-refractivity contribution in [2.75, 3.05) is 18.0 Å². The molecule has 0 aliphatic rings. The Labute approximate surface area is 134 Å². The van der Waals surface area contributed by atoms with E-state index in [4.69, 9.17) is 4.74 Å². The van der Waals surface area contributed by atoms with Crippen LogP contribution in [0.5, 0.6) is 0 Å². The lowest BCUT2D eigenvalue weighted by atomic mass is 10.4. The molecule has 0 saturated carbocycles. The van der Waals surface area contributed by atoms with Gasteiger partial charge in [-0.2, -0.15) is 0 Å². The summed E-state index contributed by atoms with van der Waals surface area (Å²) in [7, 11) is -2.14. The maximum Gasteiger partial charge on any atom is 0.355 e. The molecule has 8 heteroatoms. The van der Waals surface area contributed by atoms with Crippen molar-refractivity contribution in [2.24, 2.45) is 0 Å². The Balaban J connectivity index is 2.39. The van der Waals surface area contributed by atoms with Gasteiger partial charge in [0, 0.05) is 19.8 Å². The predicted octanol–water partition coefficient (Wildman–Crippen LogP) is 2.57. The van der Waals surface area contributed by atoms with Gasteiger partial charge in [-0.3, -0.25) is 4.31 Å². The van der Waals surface area contributed by atoms with Crippen molar-refractivity contribution in [3.63, 3.8) is 0 Å². The fourth-order valence-corrected chi connectivity index (χ4v) is 4.32. The number of hydrogen-bond donors (Lipinski definition) is 0. The number of anilines is 1. The summed E-state index contributed by atoms with van der Waals surface area (Å²) in [6.07, 6.45) is 1.64. The molecule has 2 aromatic rings. The molecule has 0 aliphatic carbocycles. The number of aromatic nitrogens is 1. The average Bonchev–Trinajstić information content (AvgIpc) is 3.16. The van der Waals surface area contributed by atoms with Gasteiger partial charge in [0.2, 0.25) is 0 Å². The van der Waals surface area contributed by atoms with Crippen LogP contribution in [0.4, 0.5) is 5.69 Å². The third kappa shape index (κ3) is 3.02. The summed E-state index contributed by atoms with van der Waals surface area (Å²) in [6, 6.07) is 4.78. The third-order valence-electron chi connectivity index (χ3n) is 3.18.